The second-order valence-electron chi connectivity index (χ2n) is 5.00. The van der Waals surface area contributed by atoms with Gasteiger partial charge in [0.05, 0.1) is 0 Å². The molecular formula is C18H22FNO. The fourth-order valence-electron chi connectivity index (χ4n) is 2.15. The first-order chi connectivity index (χ1) is 10.2. The van der Waals surface area contributed by atoms with Gasteiger partial charge in [0.2, 0.25) is 0 Å². The maximum atomic E-state index is 14.0. The molecule has 0 bridgehead atoms. The third kappa shape index (κ3) is 4.30. The van der Waals surface area contributed by atoms with Crippen LogP contribution >= 0.6 is 0 Å². The van der Waals surface area contributed by atoms with Crippen molar-refractivity contribution in [2.24, 2.45) is 0 Å². The number of aryl methyl sites for hydroxylation is 1. The van der Waals surface area contributed by atoms with E-state index in [-0.39, 0.29) is 5.82 Å². The van der Waals surface area contributed by atoms with Crippen molar-refractivity contribution in [1.82, 2.24) is 5.32 Å². The largest absolute Gasteiger partial charge is 0.457 e. The fraction of sp³-hybridized carbons (Fsp3) is 0.333. The Morgan fingerprint density at radius 2 is 1.90 bits per heavy atom. The first kappa shape index (κ1) is 15.5. The lowest BCUT2D eigenvalue weighted by Crippen LogP contribution is -2.15. The molecule has 0 atom stereocenters. The Kier molecular flexibility index (Phi) is 5.76. The van der Waals surface area contributed by atoms with Crippen LogP contribution in [0.15, 0.2) is 42.5 Å². The van der Waals surface area contributed by atoms with Gasteiger partial charge >= 0.3 is 0 Å². The number of nitrogens with one attached hydrogen (secondary N) is 1. The van der Waals surface area contributed by atoms with Crippen molar-refractivity contribution in [3.63, 3.8) is 0 Å². The smallest absolute Gasteiger partial charge is 0.134 e. The molecule has 3 heteroatoms. The van der Waals surface area contributed by atoms with Crippen LogP contribution in [0.2, 0.25) is 0 Å². The summed E-state index contributed by atoms with van der Waals surface area (Å²) in [6.07, 6.45) is 1.97. The van der Waals surface area contributed by atoms with Crippen molar-refractivity contribution >= 4 is 0 Å². The van der Waals surface area contributed by atoms with Gasteiger partial charge in [0.15, 0.2) is 0 Å². The molecule has 0 heterocycles. The lowest BCUT2D eigenvalue weighted by Gasteiger charge is -2.13. The predicted octanol–water partition coefficient (Wildman–Crippen LogP) is 4.68. The van der Waals surface area contributed by atoms with Crippen LogP contribution in [0.25, 0.3) is 0 Å². The van der Waals surface area contributed by atoms with E-state index in [1.807, 2.05) is 24.3 Å². The third-order valence-electron chi connectivity index (χ3n) is 3.34. The van der Waals surface area contributed by atoms with Gasteiger partial charge in [-0.2, -0.15) is 0 Å². The Bertz CT molecular complexity index is 583. The summed E-state index contributed by atoms with van der Waals surface area (Å²) in [4.78, 5) is 0. The molecule has 0 fully saturated rings. The molecule has 112 valence electrons. The van der Waals surface area contributed by atoms with Gasteiger partial charge in [-0.1, -0.05) is 32.0 Å². The van der Waals surface area contributed by atoms with E-state index in [9.17, 15) is 4.39 Å². The second-order valence-corrected chi connectivity index (χ2v) is 5.00. The average Bonchev–Trinajstić information content (AvgIpc) is 2.50. The number of hydrogen-bond acceptors (Lipinski definition) is 2. The second kappa shape index (κ2) is 7.79. The van der Waals surface area contributed by atoms with Gasteiger partial charge < -0.3 is 10.1 Å². The Morgan fingerprint density at radius 3 is 2.67 bits per heavy atom. The number of halogens is 1. The van der Waals surface area contributed by atoms with Gasteiger partial charge in [0, 0.05) is 12.1 Å². The number of benzene rings is 2. The molecule has 0 radical (unpaired) electrons. The van der Waals surface area contributed by atoms with Crippen LogP contribution in [0.5, 0.6) is 11.5 Å². The molecule has 2 aromatic rings. The van der Waals surface area contributed by atoms with Crippen molar-refractivity contribution in [1.29, 1.82) is 0 Å². The topological polar surface area (TPSA) is 21.3 Å². The highest BCUT2D eigenvalue weighted by molar-refractivity contribution is 5.39. The molecule has 0 aliphatic heterocycles. The standard InChI is InChI=1S/C18H22FNO/c1-3-11-20-13-16-17(19)9-6-10-18(16)21-15-8-5-7-14(4-2)12-15/h5-10,12,20H,3-4,11,13H2,1-2H3. The lowest BCUT2D eigenvalue weighted by atomic mass is 10.1. The predicted molar refractivity (Wildman–Crippen MR) is 84.3 cm³/mol. The van der Waals surface area contributed by atoms with E-state index in [0.717, 1.165) is 25.1 Å². The highest BCUT2D eigenvalue weighted by atomic mass is 19.1. The summed E-state index contributed by atoms with van der Waals surface area (Å²) in [5.74, 6) is 1.09. The van der Waals surface area contributed by atoms with E-state index < -0.39 is 0 Å². The summed E-state index contributed by atoms with van der Waals surface area (Å²) < 4.78 is 19.9. The Hall–Kier alpha value is -1.87. The number of hydrogen-bond donors (Lipinski definition) is 1. The van der Waals surface area contributed by atoms with Crippen LogP contribution < -0.4 is 10.1 Å². The fourth-order valence-corrected chi connectivity index (χ4v) is 2.15. The lowest BCUT2D eigenvalue weighted by molar-refractivity contribution is 0.461. The van der Waals surface area contributed by atoms with Crippen LogP contribution in [0, 0.1) is 5.82 Å². The molecule has 0 aliphatic carbocycles. The van der Waals surface area contributed by atoms with Crippen molar-refractivity contribution in [3.8, 4) is 11.5 Å². The van der Waals surface area contributed by atoms with E-state index in [1.165, 1.54) is 11.6 Å². The van der Waals surface area contributed by atoms with Crippen LogP contribution in [0.4, 0.5) is 4.39 Å². The van der Waals surface area contributed by atoms with Crippen LogP contribution in [-0.2, 0) is 13.0 Å². The quantitative estimate of drug-likeness (QED) is 0.747. The highest BCUT2D eigenvalue weighted by Crippen LogP contribution is 2.27. The molecule has 0 spiro atoms. The Morgan fingerprint density at radius 1 is 1.10 bits per heavy atom. The third-order valence-corrected chi connectivity index (χ3v) is 3.34. The van der Waals surface area contributed by atoms with Gasteiger partial charge in [-0.05, 0) is 49.2 Å². The van der Waals surface area contributed by atoms with Gasteiger partial charge in [-0.3, -0.25) is 0 Å². The van der Waals surface area contributed by atoms with Crippen molar-refractivity contribution in [3.05, 3.63) is 59.4 Å². The maximum Gasteiger partial charge on any atom is 0.134 e. The van der Waals surface area contributed by atoms with E-state index in [4.69, 9.17) is 4.74 Å². The van der Waals surface area contributed by atoms with Crippen LogP contribution in [0.3, 0.4) is 0 Å². The highest BCUT2D eigenvalue weighted by Gasteiger charge is 2.10. The molecule has 2 nitrogen and oxygen atoms in total. The Labute approximate surface area is 126 Å². The summed E-state index contributed by atoms with van der Waals surface area (Å²) >= 11 is 0. The van der Waals surface area contributed by atoms with Gasteiger partial charge in [-0.15, -0.1) is 0 Å². The molecule has 0 aliphatic rings. The zero-order valence-corrected chi connectivity index (χ0v) is 12.7. The van der Waals surface area contributed by atoms with Gasteiger partial charge in [0.1, 0.15) is 17.3 Å². The normalized spacial score (nSPS) is 10.6. The first-order valence-electron chi connectivity index (χ1n) is 7.49. The minimum Gasteiger partial charge on any atom is -0.457 e. The number of ether oxygens (including phenoxy) is 1. The molecule has 1 N–H and O–H groups in total. The minimum absolute atomic E-state index is 0.234. The minimum atomic E-state index is -0.234. The van der Waals surface area contributed by atoms with Crippen molar-refractivity contribution < 1.29 is 9.13 Å². The molecule has 0 aromatic heterocycles. The number of rotatable bonds is 7. The van der Waals surface area contributed by atoms with Crippen molar-refractivity contribution in [2.75, 3.05) is 6.54 Å². The Balaban J connectivity index is 2.20. The average molecular weight is 287 g/mol. The van der Waals surface area contributed by atoms with E-state index in [2.05, 4.69) is 25.2 Å². The molecule has 0 saturated heterocycles. The SMILES string of the molecule is CCCNCc1c(F)cccc1Oc1cccc(CC)c1. The molecule has 0 unspecified atom stereocenters. The summed E-state index contributed by atoms with van der Waals surface area (Å²) in [6.45, 7) is 5.52. The molecule has 21 heavy (non-hydrogen) atoms. The molecule has 0 amide bonds. The van der Waals surface area contributed by atoms with E-state index in [0.29, 0.717) is 17.9 Å². The van der Waals surface area contributed by atoms with Crippen LogP contribution in [0.1, 0.15) is 31.4 Å². The monoisotopic (exact) mass is 287 g/mol. The van der Waals surface area contributed by atoms with Gasteiger partial charge in [0.25, 0.3) is 0 Å². The van der Waals surface area contributed by atoms with Gasteiger partial charge in [-0.25, -0.2) is 4.39 Å². The van der Waals surface area contributed by atoms with Crippen molar-refractivity contribution in [2.45, 2.75) is 33.2 Å². The summed E-state index contributed by atoms with van der Waals surface area (Å²) in [6, 6.07) is 12.9. The zero-order chi connectivity index (χ0) is 15.1. The molecule has 0 saturated carbocycles. The summed E-state index contributed by atoms with van der Waals surface area (Å²) in [7, 11) is 0. The summed E-state index contributed by atoms with van der Waals surface area (Å²) in [5.41, 5.74) is 1.78. The van der Waals surface area contributed by atoms with Crippen LogP contribution in [-0.4, -0.2) is 6.54 Å². The maximum absolute atomic E-state index is 14.0. The molecular weight excluding hydrogens is 265 g/mol. The molecule has 2 aromatic carbocycles. The van der Waals surface area contributed by atoms with E-state index in [1.54, 1.807) is 6.07 Å². The first-order valence-corrected chi connectivity index (χ1v) is 7.49. The summed E-state index contributed by atoms with van der Waals surface area (Å²) in [5, 5.41) is 3.22. The molecule has 2 rings (SSSR count). The van der Waals surface area contributed by atoms with E-state index >= 15 is 0 Å². The zero-order valence-electron chi connectivity index (χ0n) is 12.7.